The van der Waals surface area contributed by atoms with Gasteiger partial charge >= 0.3 is 11.8 Å². The molecule has 0 saturated carbocycles. The molecule has 4 rings (SSSR count). The number of aromatic nitrogens is 1. The quantitative estimate of drug-likeness (QED) is 0.167. The highest BCUT2D eigenvalue weighted by molar-refractivity contribution is 7.89. The molecule has 0 atom stereocenters. The van der Waals surface area contributed by atoms with Crippen LogP contribution in [0, 0.1) is 6.92 Å². The van der Waals surface area contributed by atoms with Crippen molar-refractivity contribution < 1.29 is 22.4 Å². The van der Waals surface area contributed by atoms with Crippen molar-refractivity contribution in [3.63, 3.8) is 0 Å². The first-order valence-electron chi connectivity index (χ1n) is 12.1. The summed E-state index contributed by atoms with van der Waals surface area (Å²) in [6, 6.07) is 20.1. The number of carbonyl (C=O) groups excluding carboxylic acids is 2. The molecule has 4 aromatic rings. The van der Waals surface area contributed by atoms with E-state index in [0.717, 1.165) is 16.7 Å². The van der Waals surface area contributed by atoms with E-state index in [1.54, 1.807) is 36.7 Å². The van der Waals surface area contributed by atoms with E-state index < -0.39 is 21.8 Å². The van der Waals surface area contributed by atoms with Gasteiger partial charge in [0.05, 0.1) is 17.7 Å². The lowest BCUT2D eigenvalue weighted by Gasteiger charge is -2.21. The summed E-state index contributed by atoms with van der Waals surface area (Å²) in [7, 11) is -3.90. The lowest BCUT2D eigenvalue weighted by atomic mass is 10.1. The number of pyridine rings is 1. The molecule has 2 aromatic carbocycles. The van der Waals surface area contributed by atoms with Crippen LogP contribution in [0.5, 0.6) is 0 Å². The Morgan fingerprint density at radius 3 is 2.33 bits per heavy atom. The monoisotopic (exact) mass is 579 g/mol. The van der Waals surface area contributed by atoms with Crippen molar-refractivity contribution in [2.24, 2.45) is 5.10 Å². The molecule has 2 amide bonds. The van der Waals surface area contributed by atoms with Crippen LogP contribution in [0.2, 0.25) is 5.02 Å². The van der Waals surface area contributed by atoms with E-state index in [-0.39, 0.29) is 30.3 Å². The van der Waals surface area contributed by atoms with Crippen LogP contribution in [-0.2, 0) is 39.2 Å². The molecular formula is C28H26ClN5O5S. The number of aryl methyl sites for hydroxylation is 1. The Kier molecular flexibility index (Phi) is 9.43. The second-order valence-corrected chi connectivity index (χ2v) is 11.1. The largest absolute Gasteiger partial charge is 0.459 e. The molecule has 40 heavy (non-hydrogen) atoms. The third-order valence-corrected chi connectivity index (χ3v) is 7.77. The Morgan fingerprint density at radius 1 is 0.925 bits per heavy atom. The van der Waals surface area contributed by atoms with Gasteiger partial charge in [-0.15, -0.1) is 0 Å². The van der Waals surface area contributed by atoms with Gasteiger partial charge in [0.2, 0.25) is 10.0 Å². The van der Waals surface area contributed by atoms with Gasteiger partial charge in [-0.3, -0.25) is 14.6 Å². The lowest BCUT2D eigenvalue weighted by molar-refractivity contribution is -0.139. The summed E-state index contributed by atoms with van der Waals surface area (Å²) in [6.07, 6.45) is 4.38. The molecule has 0 aliphatic carbocycles. The number of carbonyl (C=O) groups is 2. The molecule has 12 heteroatoms. The molecule has 0 fully saturated rings. The molecule has 0 bridgehead atoms. The maximum atomic E-state index is 13.5. The van der Waals surface area contributed by atoms with Gasteiger partial charge in [-0.1, -0.05) is 41.4 Å². The van der Waals surface area contributed by atoms with Gasteiger partial charge in [-0.25, -0.2) is 13.8 Å². The fourth-order valence-corrected chi connectivity index (χ4v) is 5.09. The Labute approximate surface area is 236 Å². The van der Waals surface area contributed by atoms with E-state index in [9.17, 15) is 18.0 Å². The summed E-state index contributed by atoms with van der Waals surface area (Å²) in [5, 5.41) is 6.67. The summed E-state index contributed by atoms with van der Waals surface area (Å²) in [4.78, 5) is 28.0. The van der Waals surface area contributed by atoms with Crippen LogP contribution >= 0.6 is 11.6 Å². The zero-order valence-electron chi connectivity index (χ0n) is 21.5. The molecule has 0 aliphatic rings. The van der Waals surface area contributed by atoms with E-state index in [1.807, 2.05) is 31.2 Å². The van der Waals surface area contributed by atoms with Crippen molar-refractivity contribution >= 4 is 39.7 Å². The molecule has 0 spiro atoms. The number of benzene rings is 2. The van der Waals surface area contributed by atoms with E-state index in [1.165, 1.54) is 34.8 Å². The van der Waals surface area contributed by atoms with Crippen molar-refractivity contribution in [2.45, 2.75) is 31.5 Å². The number of amides is 2. The highest BCUT2D eigenvalue weighted by Crippen LogP contribution is 2.23. The maximum Gasteiger partial charge on any atom is 0.329 e. The highest BCUT2D eigenvalue weighted by atomic mass is 35.5. The summed E-state index contributed by atoms with van der Waals surface area (Å²) < 4.78 is 34.0. The summed E-state index contributed by atoms with van der Waals surface area (Å²) in [6.45, 7) is 2.17. The molecular weight excluding hydrogens is 554 g/mol. The fraction of sp³-hybridized carbons (Fsp3) is 0.143. The SMILES string of the molecule is Cc1ccc(CN(Cc2ccc(/C=N/NC(=O)C(=O)NCc3ccncc3)o2)S(=O)(=O)c2ccc(Cl)cc2)cc1. The molecule has 206 valence electrons. The third-order valence-electron chi connectivity index (χ3n) is 5.71. The van der Waals surface area contributed by atoms with Gasteiger partial charge in [-0.05, 0) is 66.6 Å². The van der Waals surface area contributed by atoms with Crippen LogP contribution in [0.25, 0.3) is 0 Å². The Balaban J connectivity index is 1.41. The molecule has 0 aliphatic heterocycles. The number of nitrogens with zero attached hydrogens (tertiary/aromatic N) is 3. The minimum Gasteiger partial charge on any atom is -0.459 e. The van der Waals surface area contributed by atoms with Gasteiger partial charge in [-0.2, -0.15) is 9.41 Å². The first kappa shape index (κ1) is 28.7. The molecule has 2 aromatic heterocycles. The standard InChI is InChI=1S/C28H26ClN5O5S/c1-20-2-4-22(5-3-20)18-34(40(37,38)26-10-6-23(29)7-11-26)19-25-9-8-24(39-25)17-32-33-28(36)27(35)31-16-21-12-14-30-15-13-21/h2-15,17H,16,18-19H2,1H3,(H,31,35)(H,33,36)/b32-17+. The second-order valence-electron chi connectivity index (χ2n) is 8.75. The van der Waals surface area contributed by atoms with E-state index in [0.29, 0.717) is 10.8 Å². The Hall–Kier alpha value is -4.32. The number of halogens is 1. The van der Waals surface area contributed by atoms with Crippen molar-refractivity contribution in [1.82, 2.24) is 20.0 Å². The molecule has 0 radical (unpaired) electrons. The van der Waals surface area contributed by atoms with Crippen molar-refractivity contribution in [3.05, 3.63) is 118 Å². The lowest BCUT2D eigenvalue weighted by Crippen LogP contribution is -2.37. The van der Waals surface area contributed by atoms with Crippen LogP contribution in [0.4, 0.5) is 0 Å². The van der Waals surface area contributed by atoms with Gasteiger partial charge in [0.25, 0.3) is 0 Å². The predicted octanol–water partition coefficient (Wildman–Crippen LogP) is 3.79. The van der Waals surface area contributed by atoms with Crippen LogP contribution in [0.15, 0.2) is 99.6 Å². The molecule has 0 saturated heterocycles. The van der Waals surface area contributed by atoms with Gasteiger partial charge < -0.3 is 9.73 Å². The number of furan rings is 1. The zero-order valence-corrected chi connectivity index (χ0v) is 23.0. The molecule has 0 unspecified atom stereocenters. The maximum absolute atomic E-state index is 13.5. The predicted molar refractivity (Wildman–Crippen MR) is 150 cm³/mol. The van der Waals surface area contributed by atoms with Crippen molar-refractivity contribution in [3.8, 4) is 0 Å². The number of nitrogens with one attached hydrogen (secondary N) is 2. The van der Waals surface area contributed by atoms with Gasteiger partial charge in [0.1, 0.15) is 11.5 Å². The smallest absolute Gasteiger partial charge is 0.329 e. The van der Waals surface area contributed by atoms with Gasteiger partial charge in [0.15, 0.2) is 0 Å². The fourth-order valence-electron chi connectivity index (χ4n) is 3.57. The first-order chi connectivity index (χ1) is 19.2. The zero-order chi connectivity index (χ0) is 28.5. The first-order valence-corrected chi connectivity index (χ1v) is 13.9. The van der Waals surface area contributed by atoms with Crippen LogP contribution in [-0.4, -0.2) is 35.7 Å². The van der Waals surface area contributed by atoms with E-state index in [2.05, 4.69) is 20.8 Å². The normalized spacial score (nSPS) is 11.6. The third kappa shape index (κ3) is 7.85. The van der Waals surface area contributed by atoms with Crippen LogP contribution in [0.3, 0.4) is 0 Å². The van der Waals surface area contributed by atoms with Crippen molar-refractivity contribution in [2.75, 3.05) is 0 Å². The van der Waals surface area contributed by atoms with Crippen molar-refractivity contribution in [1.29, 1.82) is 0 Å². The Bertz CT molecular complexity index is 1590. The molecule has 2 N–H and O–H groups in total. The topological polar surface area (TPSA) is 134 Å². The molecule has 2 heterocycles. The number of hydrogen-bond donors (Lipinski definition) is 2. The minimum absolute atomic E-state index is 0.0591. The average molecular weight is 580 g/mol. The number of rotatable bonds is 10. The Morgan fingerprint density at radius 2 is 1.62 bits per heavy atom. The van der Waals surface area contributed by atoms with E-state index >= 15 is 0 Å². The summed E-state index contributed by atoms with van der Waals surface area (Å²) in [5.41, 5.74) is 4.79. The minimum atomic E-state index is -3.90. The average Bonchev–Trinajstić information content (AvgIpc) is 3.40. The summed E-state index contributed by atoms with van der Waals surface area (Å²) >= 11 is 5.95. The highest BCUT2D eigenvalue weighted by Gasteiger charge is 2.26. The number of hydrogen-bond acceptors (Lipinski definition) is 7. The van der Waals surface area contributed by atoms with Crippen LogP contribution < -0.4 is 10.7 Å². The summed E-state index contributed by atoms with van der Waals surface area (Å²) in [5.74, 6) is -1.19. The molecule has 10 nitrogen and oxygen atoms in total. The van der Waals surface area contributed by atoms with E-state index in [4.69, 9.17) is 16.0 Å². The van der Waals surface area contributed by atoms with Gasteiger partial charge in [0, 0.05) is 30.5 Å². The second kappa shape index (κ2) is 13.2. The number of hydrazone groups is 1. The number of sulfonamides is 1. The van der Waals surface area contributed by atoms with Crippen LogP contribution in [0.1, 0.15) is 28.2 Å².